The van der Waals surface area contributed by atoms with E-state index in [1.54, 1.807) is 39.8 Å². The zero-order valence-corrected chi connectivity index (χ0v) is 19.1. The van der Waals surface area contributed by atoms with Crippen molar-refractivity contribution in [3.63, 3.8) is 0 Å². The first kappa shape index (κ1) is 22.9. The van der Waals surface area contributed by atoms with Gasteiger partial charge in [0.2, 0.25) is 10.0 Å². The Labute approximate surface area is 182 Å². The molecule has 0 unspecified atom stereocenters. The number of rotatable bonds is 5. The first-order valence-corrected chi connectivity index (χ1v) is 11.4. The maximum Gasteiger partial charge on any atom is 0.337 e. The van der Waals surface area contributed by atoms with Gasteiger partial charge in [0.25, 0.3) is 0 Å². The molecule has 6 nitrogen and oxygen atoms in total. The van der Waals surface area contributed by atoms with Crippen molar-refractivity contribution in [3.8, 4) is 11.1 Å². The van der Waals surface area contributed by atoms with Crippen LogP contribution in [0.3, 0.4) is 0 Å². The summed E-state index contributed by atoms with van der Waals surface area (Å²) in [6.45, 7) is 8.91. The lowest BCUT2D eigenvalue weighted by Gasteiger charge is -2.29. The number of hydrogen-bond donors (Lipinski definition) is 2. The third kappa shape index (κ3) is 4.63. The molecule has 3 N–H and O–H groups in total. The fraction of sp³-hybridized carbons (Fsp3) is 0.292. The van der Waals surface area contributed by atoms with Gasteiger partial charge >= 0.3 is 5.97 Å². The van der Waals surface area contributed by atoms with Crippen molar-refractivity contribution in [1.29, 1.82) is 0 Å². The van der Waals surface area contributed by atoms with Gasteiger partial charge < -0.3 is 9.84 Å². The van der Waals surface area contributed by atoms with Crippen molar-refractivity contribution < 1.29 is 23.1 Å². The third-order valence-corrected chi connectivity index (χ3v) is 6.17. The van der Waals surface area contributed by atoms with Gasteiger partial charge in [0.05, 0.1) is 10.5 Å². The molecule has 0 aliphatic carbocycles. The molecule has 0 saturated carbocycles. The highest BCUT2D eigenvalue weighted by atomic mass is 32.2. The van der Waals surface area contributed by atoms with E-state index in [1.165, 1.54) is 6.07 Å². The molecule has 0 aromatic heterocycles. The van der Waals surface area contributed by atoms with E-state index in [-0.39, 0.29) is 4.90 Å². The lowest BCUT2D eigenvalue weighted by Crippen LogP contribution is -2.28. The topological polar surface area (TPSA) is 107 Å². The average molecular weight is 442 g/mol. The number of aryl methyl sites for hydroxylation is 1. The van der Waals surface area contributed by atoms with E-state index >= 15 is 0 Å². The minimum Gasteiger partial charge on any atom is -0.479 e. The zero-order valence-electron chi connectivity index (χ0n) is 18.3. The number of hydrogen-bond acceptors (Lipinski definition) is 4. The van der Waals surface area contributed by atoms with Crippen molar-refractivity contribution in [3.05, 3.63) is 65.2 Å². The Morgan fingerprint density at radius 1 is 1.06 bits per heavy atom. The van der Waals surface area contributed by atoms with E-state index in [4.69, 9.17) is 9.88 Å². The monoisotopic (exact) mass is 441 g/mol. The fourth-order valence-corrected chi connectivity index (χ4v) is 4.72. The maximum absolute atomic E-state index is 12.3. The van der Waals surface area contributed by atoms with E-state index < -0.39 is 27.7 Å². The summed E-state index contributed by atoms with van der Waals surface area (Å²) in [7, 11) is -3.95. The largest absolute Gasteiger partial charge is 0.479 e. The smallest absolute Gasteiger partial charge is 0.337 e. The van der Waals surface area contributed by atoms with E-state index in [9.17, 15) is 18.3 Å². The second kappa shape index (κ2) is 8.07. The van der Waals surface area contributed by atoms with Crippen LogP contribution in [-0.2, 0) is 19.6 Å². The maximum atomic E-state index is 12.3. The van der Waals surface area contributed by atoms with Gasteiger partial charge in [-0.3, -0.25) is 0 Å². The van der Waals surface area contributed by atoms with Crippen LogP contribution in [0, 0.1) is 13.8 Å². The molecule has 0 radical (unpaired) electrons. The van der Waals surface area contributed by atoms with Crippen molar-refractivity contribution in [2.75, 3.05) is 0 Å². The van der Waals surface area contributed by atoms with Crippen LogP contribution in [0.25, 0.3) is 21.9 Å². The van der Waals surface area contributed by atoms with Gasteiger partial charge in [-0.1, -0.05) is 42.5 Å². The SMILES string of the molecule is Cc1cc2ccccc2c(-c2cccc(S(N)(=O)=O)c2C)c1[C@H](OC(C)(C)C)C(=O)O. The second-order valence-corrected chi connectivity index (χ2v) is 10.2. The molecule has 0 bridgehead atoms. The molecule has 3 rings (SSSR count). The molecule has 7 heteroatoms. The quantitative estimate of drug-likeness (QED) is 0.596. The second-order valence-electron chi connectivity index (χ2n) is 8.63. The summed E-state index contributed by atoms with van der Waals surface area (Å²) in [6, 6.07) is 14.4. The van der Waals surface area contributed by atoms with Gasteiger partial charge in [0.1, 0.15) is 0 Å². The van der Waals surface area contributed by atoms with Crippen LogP contribution in [0.2, 0.25) is 0 Å². The van der Waals surface area contributed by atoms with Gasteiger partial charge in [-0.25, -0.2) is 18.4 Å². The highest BCUT2D eigenvalue weighted by molar-refractivity contribution is 7.89. The number of ether oxygens (including phenoxy) is 1. The fourth-order valence-electron chi connectivity index (χ4n) is 3.91. The summed E-state index contributed by atoms with van der Waals surface area (Å²) in [5.41, 5.74) is 2.22. The molecule has 0 amide bonds. The highest BCUT2D eigenvalue weighted by Gasteiger charge is 2.32. The van der Waals surface area contributed by atoms with Gasteiger partial charge in [0.15, 0.2) is 6.10 Å². The molecule has 0 aliphatic heterocycles. The van der Waals surface area contributed by atoms with E-state index in [2.05, 4.69) is 0 Å². The van der Waals surface area contributed by atoms with Crippen LogP contribution >= 0.6 is 0 Å². The predicted molar refractivity (Wildman–Crippen MR) is 121 cm³/mol. The van der Waals surface area contributed by atoms with Crippen LogP contribution < -0.4 is 5.14 Å². The van der Waals surface area contributed by atoms with Gasteiger partial charge in [-0.2, -0.15) is 0 Å². The van der Waals surface area contributed by atoms with Crippen LogP contribution in [-0.4, -0.2) is 25.1 Å². The number of fused-ring (bicyclic) bond motifs is 1. The molecule has 0 aliphatic rings. The normalized spacial score (nSPS) is 13.4. The molecule has 164 valence electrons. The van der Waals surface area contributed by atoms with E-state index in [0.29, 0.717) is 22.3 Å². The van der Waals surface area contributed by atoms with Gasteiger partial charge in [-0.05, 0) is 73.7 Å². The molecule has 0 saturated heterocycles. The molecule has 1 atom stereocenters. The summed E-state index contributed by atoms with van der Waals surface area (Å²) in [6.07, 6.45) is -1.24. The number of carboxylic acids is 1. The predicted octanol–water partition coefficient (Wildman–Crippen LogP) is 4.71. The minimum atomic E-state index is -3.95. The third-order valence-electron chi connectivity index (χ3n) is 5.11. The average Bonchev–Trinajstić information content (AvgIpc) is 2.64. The van der Waals surface area contributed by atoms with Crippen LogP contribution in [0.1, 0.15) is 43.6 Å². The van der Waals surface area contributed by atoms with Gasteiger partial charge in [-0.15, -0.1) is 0 Å². The highest BCUT2D eigenvalue weighted by Crippen LogP contribution is 2.42. The summed E-state index contributed by atoms with van der Waals surface area (Å²) in [4.78, 5) is 12.3. The summed E-state index contributed by atoms with van der Waals surface area (Å²) in [5.74, 6) is -1.12. The van der Waals surface area contributed by atoms with Crippen molar-refractivity contribution >= 4 is 26.8 Å². The van der Waals surface area contributed by atoms with Crippen molar-refractivity contribution in [2.45, 2.75) is 51.2 Å². The number of nitrogens with two attached hydrogens (primary N) is 1. The summed E-state index contributed by atoms with van der Waals surface area (Å²) in [5, 5.41) is 17.2. The summed E-state index contributed by atoms with van der Waals surface area (Å²) >= 11 is 0. The minimum absolute atomic E-state index is 0.00477. The Morgan fingerprint density at radius 3 is 2.29 bits per heavy atom. The molecular weight excluding hydrogens is 414 g/mol. The Bertz CT molecular complexity index is 1270. The van der Waals surface area contributed by atoms with Crippen molar-refractivity contribution in [2.24, 2.45) is 5.14 Å². The number of carboxylic acid groups (broad SMARTS) is 1. The van der Waals surface area contributed by atoms with Crippen molar-refractivity contribution in [1.82, 2.24) is 0 Å². The molecule has 3 aromatic carbocycles. The molecular formula is C24H27NO5S. The first-order valence-electron chi connectivity index (χ1n) is 9.87. The van der Waals surface area contributed by atoms with Crippen LogP contribution in [0.5, 0.6) is 0 Å². The number of aliphatic carboxylic acids is 1. The Hall–Kier alpha value is -2.74. The standard InChI is InChI=1S/C24H27NO5S/c1-14-13-16-9-6-7-10-18(16)21(20(14)22(23(26)27)30-24(3,4)5)17-11-8-12-19(15(17)2)31(25,28)29/h6-13,22H,1-5H3,(H,26,27)(H2,25,28,29)/t22-/m0/s1. The number of sulfonamides is 1. The first-order chi connectivity index (χ1) is 14.3. The molecule has 3 aromatic rings. The number of carbonyl (C=O) groups is 1. The van der Waals surface area contributed by atoms with Gasteiger partial charge in [0, 0.05) is 5.56 Å². The zero-order chi connectivity index (χ0) is 23.1. The Morgan fingerprint density at radius 2 is 1.71 bits per heavy atom. The number of primary sulfonamides is 1. The molecule has 0 fully saturated rings. The lowest BCUT2D eigenvalue weighted by molar-refractivity contribution is -0.160. The van der Waals surface area contributed by atoms with Crippen LogP contribution in [0.15, 0.2) is 53.4 Å². The van der Waals surface area contributed by atoms with E-state index in [1.807, 2.05) is 37.3 Å². The molecule has 0 heterocycles. The van der Waals surface area contributed by atoms with E-state index in [0.717, 1.165) is 16.3 Å². The lowest BCUT2D eigenvalue weighted by atomic mass is 9.85. The molecule has 0 spiro atoms. The molecule has 31 heavy (non-hydrogen) atoms. The summed E-state index contributed by atoms with van der Waals surface area (Å²) < 4.78 is 30.3. The van der Waals surface area contributed by atoms with Crippen LogP contribution in [0.4, 0.5) is 0 Å². The Kier molecular flexibility index (Phi) is 5.97. The number of benzene rings is 3. The Balaban J connectivity index is 2.49.